The van der Waals surface area contributed by atoms with Crippen LogP contribution in [0.5, 0.6) is 0 Å². The minimum absolute atomic E-state index is 0.0618. The lowest BCUT2D eigenvalue weighted by molar-refractivity contribution is -0.145. The van der Waals surface area contributed by atoms with Crippen molar-refractivity contribution in [2.45, 2.75) is 26.3 Å². The Morgan fingerprint density at radius 2 is 2.05 bits per heavy atom. The number of aliphatic carboxylic acids is 1. The van der Waals surface area contributed by atoms with Crippen molar-refractivity contribution in [2.24, 2.45) is 0 Å². The average Bonchev–Trinajstić information content (AvgIpc) is 2.44. The summed E-state index contributed by atoms with van der Waals surface area (Å²) in [6.45, 7) is 3.51. The van der Waals surface area contributed by atoms with E-state index in [2.05, 4.69) is 4.98 Å². The van der Waals surface area contributed by atoms with Gasteiger partial charge in [0.15, 0.2) is 0 Å². The highest BCUT2D eigenvalue weighted by molar-refractivity contribution is 6.30. The maximum atomic E-state index is 12.3. The van der Waals surface area contributed by atoms with Gasteiger partial charge in [-0.3, -0.25) is 9.59 Å². The van der Waals surface area contributed by atoms with E-state index >= 15 is 0 Å². The number of carboxylic acid groups (broad SMARTS) is 1. The number of carbonyl (C=O) groups excluding carboxylic acids is 1. The number of anilines is 1. The van der Waals surface area contributed by atoms with Crippen molar-refractivity contribution >= 4 is 29.3 Å². The Bertz CT molecular complexity index is 493. The maximum Gasteiger partial charge on any atom is 0.323 e. The average molecular weight is 314 g/mol. The van der Waals surface area contributed by atoms with Crippen LogP contribution < -0.4 is 4.90 Å². The van der Waals surface area contributed by atoms with E-state index in [1.807, 2.05) is 13.8 Å². The number of amides is 1. The number of hydrogen-bond acceptors (Lipinski definition) is 4. The summed E-state index contributed by atoms with van der Waals surface area (Å²) < 4.78 is 0. The highest BCUT2D eigenvalue weighted by Gasteiger charge is 2.22. The lowest BCUT2D eigenvalue weighted by Gasteiger charge is -2.29. The Kier molecular flexibility index (Phi) is 6.42. The van der Waals surface area contributed by atoms with Gasteiger partial charge in [0, 0.05) is 19.3 Å². The summed E-state index contributed by atoms with van der Waals surface area (Å²) in [5.41, 5.74) is 0. The van der Waals surface area contributed by atoms with E-state index in [4.69, 9.17) is 16.7 Å². The lowest BCUT2D eigenvalue weighted by atomic mass is 10.2. The van der Waals surface area contributed by atoms with Gasteiger partial charge in [0.2, 0.25) is 5.91 Å². The standard InChI is InChI=1S/C14H20ClN3O3/c1-4-10(2)18(9-14(20)21)13(19)8-17(3)12-6-5-11(15)7-16-12/h5-7,10H,4,8-9H2,1-3H3,(H,20,21). The zero-order chi connectivity index (χ0) is 16.0. The topological polar surface area (TPSA) is 73.7 Å². The molecule has 7 heteroatoms. The van der Waals surface area contributed by atoms with Gasteiger partial charge in [-0.25, -0.2) is 4.98 Å². The second-order valence-electron chi connectivity index (χ2n) is 4.86. The highest BCUT2D eigenvalue weighted by atomic mass is 35.5. The second kappa shape index (κ2) is 7.83. The van der Waals surface area contributed by atoms with Crippen LogP contribution >= 0.6 is 11.6 Å². The first-order chi connectivity index (χ1) is 9.85. The van der Waals surface area contributed by atoms with Gasteiger partial charge >= 0.3 is 5.97 Å². The van der Waals surface area contributed by atoms with Gasteiger partial charge in [-0.2, -0.15) is 0 Å². The Hall–Kier alpha value is -1.82. The normalized spacial score (nSPS) is 11.8. The number of likely N-dealkylation sites (N-methyl/N-ethyl adjacent to an activating group) is 1. The third kappa shape index (κ3) is 5.23. The molecule has 0 fully saturated rings. The van der Waals surface area contributed by atoms with Gasteiger partial charge < -0.3 is 14.9 Å². The first-order valence-electron chi connectivity index (χ1n) is 6.69. The summed E-state index contributed by atoms with van der Waals surface area (Å²) in [4.78, 5) is 30.3. The molecule has 1 aromatic heterocycles. The monoisotopic (exact) mass is 313 g/mol. The van der Waals surface area contributed by atoms with E-state index in [9.17, 15) is 9.59 Å². The lowest BCUT2D eigenvalue weighted by Crippen LogP contribution is -2.46. The fourth-order valence-corrected chi connectivity index (χ4v) is 1.94. The fraction of sp³-hybridized carbons (Fsp3) is 0.500. The zero-order valence-electron chi connectivity index (χ0n) is 12.4. The van der Waals surface area contributed by atoms with Crippen LogP contribution in [0.3, 0.4) is 0 Å². The number of pyridine rings is 1. The molecule has 1 atom stereocenters. The molecule has 1 heterocycles. The van der Waals surface area contributed by atoms with Crippen LogP contribution in [-0.2, 0) is 9.59 Å². The van der Waals surface area contributed by atoms with Gasteiger partial charge in [0.1, 0.15) is 12.4 Å². The van der Waals surface area contributed by atoms with E-state index in [0.717, 1.165) is 0 Å². The summed E-state index contributed by atoms with van der Waals surface area (Å²) in [6.07, 6.45) is 2.20. The summed E-state index contributed by atoms with van der Waals surface area (Å²) in [5, 5.41) is 9.44. The highest BCUT2D eigenvalue weighted by Crippen LogP contribution is 2.13. The molecular weight excluding hydrogens is 294 g/mol. The molecule has 0 radical (unpaired) electrons. The molecular formula is C14H20ClN3O3. The Morgan fingerprint density at radius 1 is 1.38 bits per heavy atom. The molecule has 1 rings (SSSR count). The number of halogens is 1. The Balaban J connectivity index is 2.75. The molecule has 0 aliphatic carbocycles. The molecule has 0 spiro atoms. The van der Waals surface area contributed by atoms with E-state index in [-0.39, 0.29) is 25.0 Å². The van der Waals surface area contributed by atoms with Gasteiger partial charge in [-0.1, -0.05) is 18.5 Å². The smallest absolute Gasteiger partial charge is 0.323 e. The molecule has 0 bridgehead atoms. The van der Waals surface area contributed by atoms with Crippen molar-refractivity contribution in [1.82, 2.24) is 9.88 Å². The molecule has 0 aliphatic rings. The third-order valence-electron chi connectivity index (χ3n) is 3.22. The molecule has 0 saturated carbocycles. The molecule has 1 N–H and O–H groups in total. The molecule has 116 valence electrons. The Labute approximate surface area is 129 Å². The molecule has 1 unspecified atom stereocenters. The van der Waals surface area contributed by atoms with Crippen molar-refractivity contribution in [3.8, 4) is 0 Å². The largest absolute Gasteiger partial charge is 0.480 e. The quantitative estimate of drug-likeness (QED) is 0.832. The van der Waals surface area contributed by atoms with Crippen LogP contribution in [-0.4, -0.2) is 53.0 Å². The van der Waals surface area contributed by atoms with Crippen molar-refractivity contribution in [2.75, 3.05) is 25.0 Å². The number of carboxylic acids is 1. The van der Waals surface area contributed by atoms with Crippen molar-refractivity contribution in [1.29, 1.82) is 0 Å². The molecule has 0 saturated heterocycles. The molecule has 6 nitrogen and oxygen atoms in total. The van der Waals surface area contributed by atoms with Crippen molar-refractivity contribution < 1.29 is 14.7 Å². The van der Waals surface area contributed by atoms with Crippen molar-refractivity contribution in [3.05, 3.63) is 23.4 Å². The number of carbonyl (C=O) groups is 2. The summed E-state index contributed by atoms with van der Waals surface area (Å²) in [7, 11) is 1.73. The maximum absolute atomic E-state index is 12.3. The summed E-state index contributed by atoms with van der Waals surface area (Å²) in [5.74, 6) is -0.658. The summed E-state index contributed by atoms with van der Waals surface area (Å²) in [6, 6.07) is 3.27. The third-order valence-corrected chi connectivity index (χ3v) is 3.45. The molecule has 1 aromatic rings. The van der Waals surface area contributed by atoms with Crippen molar-refractivity contribution in [3.63, 3.8) is 0 Å². The molecule has 1 amide bonds. The predicted octanol–water partition coefficient (Wildman–Crippen LogP) is 1.88. The van der Waals surface area contributed by atoms with Crippen LogP contribution in [0.4, 0.5) is 5.82 Å². The van der Waals surface area contributed by atoms with E-state index < -0.39 is 5.97 Å². The van der Waals surface area contributed by atoms with E-state index in [1.54, 1.807) is 24.1 Å². The Morgan fingerprint density at radius 3 is 2.52 bits per heavy atom. The number of rotatable bonds is 7. The van der Waals surface area contributed by atoms with Crippen LogP contribution in [0.2, 0.25) is 5.02 Å². The molecule has 21 heavy (non-hydrogen) atoms. The van der Waals surface area contributed by atoms with E-state index in [0.29, 0.717) is 17.3 Å². The van der Waals surface area contributed by atoms with Crippen LogP contribution in [0.15, 0.2) is 18.3 Å². The predicted molar refractivity (Wildman–Crippen MR) is 81.6 cm³/mol. The number of aromatic nitrogens is 1. The molecule has 0 aromatic carbocycles. The van der Waals surface area contributed by atoms with Gasteiger partial charge in [-0.05, 0) is 25.5 Å². The van der Waals surface area contributed by atoms with Crippen LogP contribution in [0, 0.1) is 0 Å². The zero-order valence-corrected chi connectivity index (χ0v) is 13.2. The second-order valence-corrected chi connectivity index (χ2v) is 5.30. The van der Waals surface area contributed by atoms with Gasteiger partial charge in [-0.15, -0.1) is 0 Å². The number of hydrogen-bond donors (Lipinski definition) is 1. The first kappa shape index (κ1) is 17.2. The van der Waals surface area contributed by atoms with Gasteiger partial charge in [0.25, 0.3) is 0 Å². The minimum atomic E-state index is -1.02. The van der Waals surface area contributed by atoms with Gasteiger partial charge in [0.05, 0.1) is 11.6 Å². The van der Waals surface area contributed by atoms with E-state index in [1.165, 1.54) is 11.1 Å². The van der Waals surface area contributed by atoms with Crippen LogP contribution in [0.25, 0.3) is 0 Å². The summed E-state index contributed by atoms with van der Waals surface area (Å²) >= 11 is 5.77. The first-order valence-corrected chi connectivity index (χ1v) is 7.06. The fourth-order valence-electron chi connectivity index (χ4n) is 1.82. The molecule has 0 aliphatic heterocycles. The number of nitrogens with zero attached hydrogens (tertiary/aromatic N) is 3. The minimum Gasteiger partial charge on any atom is -0.480 e. The SMILES string of the molecule is CCC(C)N(CC(=O)O)C(=O)CN(C)c1ccc(Cl)cn1. The van der Waals surface area contributed by atoms with Crippen LogP contribution in [0.1, 0.15) is 20.3 Å².